The lowest BCUT2D eigenvalue weighted by Gasteiger charge is -2.09. The number of benzene rings is 2. The first-order valence-electron chi connectivity index (χ1n) is 8.59. The van der Waals surface area contributed by atoms with Crippen LogP contribution >= 0.6 is 23.2 Å². The first-order valence-corrected chi connectivity index (χ1v) is 9.35. The van der Waals surface area contributed by atoms with Crippen LogP contribution in [-0.2, 0) is 0 Å². The van der Waals surface area contributed by atoms with E-state index in [2.05, 4.69) is 12.2 Å². The van der Waals surface area contributed by atoms with E-state index in [1.165, 1.54) is 25.7 Å². The van der Waals surface area contributed by atoms with Gasteiger partial charge >= 0.3 is 0 Å². The summed E-state index contributed by atoms with van der Waals surface area (Å²) in [7, 11) is 0. The van der Waals surface area contributed by atoms with Crippen molar-refractivity contribution in [1.29, 1.82) is 0 Å². The number of amides is 1. The van der Waals surface area contributed by atoms with E-state index in [-0.39, 0.29) is 5.91 Å². The average Bonchev–Trinajstić information content (AvgIpc) is 2.61. The predicted octanol–water partition coefficient (Wildman–Crippen LogP) is 6.59. The van der Waals surface area contributed by atoms with Crippen molar-refractivity contribution in [2.24, 2.45) is 0 Å². The van der Waals surface area contributed by atoms with Crippen LogP contribution in [0.15, 0.2) is 42.5 Å². The van der Waals surface area contributed by atoms with Crippen molar-refractivity contribution in [3.8, 4) is 5.75 Å². The third kappa shape index (κ3) is 6.60. The van der Waals surface area contributed by atoms with Gasteiger partial charge in [-0.05, 0) is 48.9 Å². The molecule has 2 rings (SSSR count). The molecule has 0 aliphatic heterocycles. The van der Waals surface area contributed by atoms with E-state index in [4.69, 9.17) is 27.9 Å². The largest absolute Gasteiger partial charge is 0.494 e. The molecule has 0 fully saturated rings. The van der Waals surface area contributed by atoms with Gasteiger partial charge in [0.1, 0.15) is 5.75 Å². The summed E-state index contributed by atoms with van der Waals surface area (Å²) in [5.41, 5.74) is 1.03. The number of hydrogen-bond donors (Lipinski definition) is 1. The molecule has 0 atom stereocenters. The zero-order valence-corrected chi connectivity index (χ0v) is 15.9. The van der Waals surface area contributed by atoms with Gasteiger partial charge in [-0.3, -0.25) is 4.79 Å². The monoisotopic (exact) mass is 379 g/mol. The van der Waals surface area contributed by atoms with E-state index < -0.39 is 0 Å². The Bertz CT molecular complexity index is 687. The molecule has 0 spiro atoms. The minimum atomic E-state index is -0.240. The van der Waals surface area contributed by atoms with Crippen molar-refractivity contribution in [2.45, 2.75) is 39.0 Å². The van der Waals surface area contributed by atoms with Gasteiger partial charge in [0.15, 0.2) is 0 Å². The van der Waals surface area contributed by atoms with Gasteiger partial charge in [0.05, 0.1) is 17.3 Å². The van der Waals surface area contributed by atoms with Crippen LogP contribution in [0, 0.1) is 0 Å². The number of carbonyl (C=O) groups is 1. The van der Waals surface area contributed by atoms with Crippen LogP contribution < -0.4 is 10.1 Å². The number of anilines is 1. The molecule has 1 amide bonds. The highest BCUT2D eigenvalue weighted by Gasteiger charge is 2.09. The maximum Gasteiger partial charge on any atom is 0.255 e. The predicted molar refractivity (Wildman–Crippen MR) is 105 cm³/mol. The molecule has 0 aromatic heterocycles. The van der Waals surface area contributed by atoms with E-state index in [9.17, 15) is 4.79 Å². The van der Waals surface area contributed by atoms with E-state index in [1.807, 2.05) is 0 Å². The van der Waals surface area contributed by atoms with E-state index in [0.717, 1.165) is 12.2 Å². The Hall–Kier alpha value is -1.71. The SMILES string of the molecule is CCCCCCCOc1ccc(C(=O)Nc2cc(Cl)ccc2Cl)cc1. The second-order valence-electron chi connectivity index (χ2n) is 5.87. The van der Waals surface area contributed by atoms with Gasteiger partial charge in [0.25, 0.3) is 5.91 Å². The van der Waals surface area contributed by atoms with Crippen LogP contribution in [0.2, 0.25) is 10.0 Å². The number of hydrogen-bond acceptors (Lipinski definition) is 2. The summed E-state index contributed by atoms with van der Waals surface area (Å²) in [5.74, 6) is 0.531. The number of nitrogens with one attached hydrogen (secondary N) is 1. The third-order valence-corrected chi connectivity index (χ3v) is 4.37. The molecule has 2 aromatic rings. The van der Waals surface area contributed by atoms with Gasteiger partial charge in [-0.1, -0.05) is 55.8 Å². The third-order valence-electron chi connectivity index (χ3n) is 3.81. The fraction of sp³-hybridized carbons (Fsp3) is 0.350. The zero-order valence-electron chi connectivity index (χ0n) is 14.4. The molecule has 0 bridgehead atoms. The molecule has 0 heterocycles. The summed E-state index contributed by atoms with van der Waals surface area (Å²) in [6.07, 6.45) is 6.01. The Morgan fingerprint density at radius 3 is 2.44 bits per heavy atom. The lowest BCUT2D eigenvalue weighted by Crippen LogP contribution is -2.12. The van der Waals surface area contributed by atoms with E-state index in [1.54, 1.807) is 42.5 Å². The highest BCUT2D eigenvalue weighted by molar-refractivity contribution is 6.35. The molecular weight excluding hydrogens is 357 g/mol. The molecule has 0 saturated carbocycles. The van der Waals surface area contributed by atoms with Crippen molar-refractivity contribution >= 4 is 34.8 Å². The smallest absolute Gasteiger partial charge is 0.255 e. The van der Waals surface area contributed by atoms with Crippen LogP contribution in [0.25, 0.3) is 0 Å². The second-order valence-corrected chi connectivity index (χ2v) is 6.71. The first-order chi connectivity index (χ1) is 12.1. The van der Waals surface area contributed by atoms with Crippen molar-refractivity contribution in [3.05, 3.63) is 58.1 Å². The first kappa shape index (κ1) is 19.6. The Kier molecular flexibility index (Phi) is 8.10. The molecule has 0 aliphatic rings. The summed E-state index contributed by atoms with van der Waals surface area (Å²) in [6.45, 7) is 2.90. The van der Waals surface area contributed by atoms with Crippen molar-refractivity contribution in [2.75, 3.05) is 11.9 Å². The quantitative estimate of drug-likeness (QED) is 0.498. The molecule has 5 heteroatoms. The van der Waals surface area contributed by atoms with Crippen LogP contribution in [-0.4, -0.2) is 12.5 Å². The number of rotatable bonds is 9. The Morgan fingerprint density at radius 1 is 1.00 bits per heavy atom. The maximum absolute atomic E-state index is 12.3. The van der Waals surface area contributed by atoms with Crippen LogP contribution in [0.1, 0.15) is 49.4 Å². The van der Waals surface area contributed by atoms with Gasteiger partial charge in [0, 0.05) is 10.6 Å². The molecule has 0 radical (unpaired) electrons. The summed E-state index contributed by atoms with van der Waals surface area (Å²) in [5, 5.41) is 3.72. The van der Waals surface area contributed by atoms with E-state index >= 15 is 0 Å². The molecule has 2 aromatic carbocycles. The number of ether oxygens (including phenoxy) is 1. The standard InChI is InChI=1S/C20H23Cl2NO2/c1-2-3-4-5-6-13-25-17-10-7-15(8-11-17)20(24)23-19-14-16(21)9-12-18(19)22/h7-12,14H,2-6,13H2,1H3,(H,23,24). The minimum Gasteiger partial charge on any atom is -0.494 e. The van der Waals surface area contributed by atoms with Gasteiger partial charge in [-0.15, -0.1) is 0 Å². The molecule has 25 heavy (non-hydrogen) atoms. The van der Waals surface area contributed by atoms with Gasteiger partial charge in [-0.2, -0.15) is 0 Å². The van der Waals surface area contributed by atoms with Crippen molar-refractivity contribution in [1.82, 2.24) is 0 Å². The fourth-order valence-corrected chi connectivity index (χ4v) is 2.72. The van der Waals surface area contributed by atoms with Crippen LogP contribution in [0.5, 0.6) is 5.75 Å². The average molecular weight is 380 g/mol. The second kappa shape index (κ2) is 10.3. The van der Waals surface area contributed by atoms with Gasteiger partial charge in [-0.25, -0.2) is 0 Å². The Balaban J connectivity index is 1.84. The minimum absolute atomic E-state index is 0.240. The molecule has 3 nitrogen and oxygen atoms in total. The Labute approximate surface area is 159 Å². The van der Waals surface area contributed by atoms with Gasteiger partial charge < -0.3 is 10.1 Å². The highest BCUT2D eigenvalue weighted by Crippen LogP contribution is 2.26. The summed E-state index contributed by atoms with van der Waals surface area (Å²) in [4.78, 5) is 12.3. The normalized spacial score (nSPS) is 10.5. The number of halogens is 2. The summed E-state index contributed by atoms with van der Waals surface area (Å²) in [6, 6.07) is 12.0. The summed E-state index contributed by atoms with van der Waals surface area (Å²) < 4.78 is 5.70. The Morgan fingerprint density at radius 2 is 1.72 bits per heavy atom. The molecule has 0 aliphatic carbocycles. The highest BCUT2D eigenvalue weighted by atomic mass is 35.5. The van der Waals surface area contributed by atoms with Gasteiger partial charge in [0.2, 0.25) is 0 Å². The molecular formula is C20H23Cl2NO2. The summed E-state index contributed by atoms with van der Waals surface area (Å²) >= 11 is 12.0. The molecule has 134 valence electrons. The van der Waals surface area contributed by atoms with Crippen LogP contribution in [0.3, 0.4) is 0 Å². The van der Waals surface area contributed by atoms with Crippen molar-refractivity contribution in [3.63, 3.8) is 0 Å². The van der Waals surface area contributed by atoms with Crippen LogP contribution in [0.4, 0.5) is 5.69 Å². The number of unbranched alkanes of at least 4 members (excludes halogenated alkanes) is 4. The molecule has 1 N–H and O–H groups in total. The van der Waals surface area contributed by atoms with E-state index in [0.29, 0.717) is 27.9 Å². The lowest BCUT2D eigenvalue weighted by molar-refractivity contribution is 0.102. The zero-order chi connectivity index (χ0) is 18.1. The molecule has 0 saturated heterocycles. The fourth-order valence-electron chi connectivity index (χ4n) is 2.39. The topological polar surface area (TPSA) is 38.3 Å². The maximum atomic E-state index is 12.3. The molecule has 0 unspecified atom stereocenters. The van der Waals surface area contributed by atoms with Crippen molar-refractivity contribution < 1.29 is 9.53 Å². The number of carbonyl (C=O) groups excluding carboxylic acids is 1. The lowest BCUT2D eigenvalue weighted by atomic mass is 10.1.